The zero-order valence-electron chi connectivity index (χ0n) is 10.1. The Hall–Kier alpha value is -2.55. The van der Waals surface area contributed by atoms with E-state index in [0.717, 1.165) is 12.1 Å². The van der Waals surface area contributed by atoms with Crippen LogP contribution in [0.2, 0.25) is 0 Å². The van der Waals surface area contributed by atoms with Gasteiger partial charge in [-0.25, -0.2) is 9.18 Å². The number of aliphatic carboxylic acids is 1. The zero-order valence-corrected chi connectivity index (χ0v) is 10.1. The Morgan fingerprint density at radius 3 is 2.55 bits per heavy atom. The Labute approximate surface area is 112 Å². The van der Waals surface area contributed by atoms with E-state index in [1.807, 2.05) is 5.32 Å². The number of nitrogens with one attached hydrogen (secondary N) is 1. The summed E-state index contributed by atoms with van der Waals surface area (Å²) in [4.78, 5) is 32.0. The van der Waals surface area contributed by atoms with Crippen LogP contribution in [0.5, 0.6) is 0 Å². The van der Waals surface area contributed by atoms with Crippen molar-refractivity contribution in [1.29, 1.82) is 0 Å². The molecule has 1 rings (SSSR count). The second-order valence-corrected chi connectivity index (χ2v) is 3.80. The highest BCUT2D eigenvalue weighted by molar-refractivity contribution is 5.97. The van der Waals surface area contributed by atoms with E-state index in [1.54, 1.807) is 0 Å². The van der Waals surface area contributed by atoms with Crippen molar-refractivity contribution in [3.8, 4) is 0 Å². The highest BCUT2D eigenvalue weighted by atomic mass is 19.1. The molecule has 0 heterocycles. The normalized spacial score (nSPS) is 11.7. The number of benzene rings is 1. The predicted molar refractivity (Wildman–Crippen MR) is 63.6 cm³/mol. The molecule has 1 aromatic rings. The molecule has 0 aliphatic rings. The fourth-order valence-corrected chi connectivity index (χ4v) is 1.42. The van der Waals surface area contributed by atoms with Gasteiger partial charge in [-0.3, -0.25) is 14.9 Å². The predicted octanol–water partition coefficient (Wildman–Crippen LogP) is 0.299. The lowest BCUT2D eigenvalue weighted by Gasteiger charge is -2.13. The number of carboxylic acid groups (broad SMARTS) is 1. The van der Waals surface area contributed by atoms with Crippen molar-refractivity contribution in [3.05, 3.63) is 39.7 Å². The average Bonchev–Trinajstić information content (AvgIpc) is 2.37. The van der Waals surface area contributed by atoms with Gasteiger partial charge in [0, 0.05) is 19.1 Å². The lowest BCUT2D eigenvalue weighted by molar-refractivity contribution is -0.385. The number of halogens is 1. The summed E-state index contributed by atoms with van der Waals surface area (Å²) in [5.74, 6) is -3.54. The van der Waals surface area contributed by atoms with Gasteiger partial charge in [0.05, 0.1) is 16.6 Å². The molecular formula is C11H11FN2O6. The zero-order chi connectivity index (χ0) is 15.3. The first-order valence-electron chi connectivity index (χ1n) is 5.45. The van der Waals surface area contributed by atoms with Gasteiger partial charge in [0.25, 0.3) is 11.6 Å². The number of hydrogen-bond acceptors (Lipinski definition) is 5. The Morgan fingerprint density at radius 2 is 2.10 bits per heavy atom. The van der Waals surface area contributed by atoms with Crippen molar-refractivity contribution in [2.45, 2.75) is 12.5 Å². The maximum atomic E-state index is 13.5. The number of hydrogen-bond donors (Lipinski definition) is 3. The smallest absolute Gasteiger partial charge is 0.326 e. The molecule has 9 heteroatoms. The number of carboxylic acids is 1. The van der Waals surface area contributed by atoms with Crippen LogP contribution >= 0.6 is 0 Å². The molecule has 1 atom stereocenters. The maximum Gasteiger partial charge on any atom is 0.326 e. The summed E-state index contributed by atoms with van der Waals surface area (Å²) < 4.78 is 13.5. The molecule has 0 saturated heterocycles. The maximum absolute atomic E-state index is 13.5. The van der Waals surface area contributed by atoms with Gasteiger partial charge in [-0.15, -0.1) is 0 Å². The fourth-order valence-electron chi connectivity index (χ4n) is 1.42. The topological polar surface area (TPSA) is 130 Å². The molecule has 0 aliphatic heterocycles. The molecule has 1 aromatic carbocycles. The van der Waals surface area contributed by atoms with E-state index < -0.39 is 46.5 Å². The van der Waals surface area contributed by atoms with Crippen LogP contribution in [0, 0.1) is 15.9 Å². The van der Waals surface area contributed by atoms with E-state index in [0.29, 0.717) is 6.07 Å². The Bertz CT molecular complexity index is 548. The minimum absolute atomic E-state index is 0.240. The van der Waals surface area contributed by atoms with Gasteiger partial charge in [0.1, 0.15) is 11.9 Å². The first-order valence-corrected chi connectivity index (χ1v) is 5.45. The highest BCUT2D eigenvalue weighted by Gasteiger charge is 2.22. The Morgan fingerprint density at radius 1 is 1.45 bits per heavy atom. The lowest BCUT2D eigenvalue weighted by atomic mass is 10.1. The summed E-state index contributed by atoms with van der Waals surface area (Å²) in [6.07, 6.45) is -0.240. The van der Waals surface area contributed by atoms with Crippen LogP contribution in [0.4, 0.5) is 10.1 Å². The van der Waals surface area contributed by atoms with E-state index >= 15 is 0 Å². The number of nitro benzene ring substituents is 1. The number of non-ortho nitro benzene ring substituents is 1. The monoisotopic (exact) mass is 286 g/mol. The van der Waals surface area contributed by atoms with E-state index in [-0.39, 0.29) is 6.42 Å². The molecule has 0 radical (unpaired) electrons. The molecule has 0 bridgehead atoms. The number of aliphatic hydroxyl groups excluding tert-OH is 1. The first-order chi connectivity index (χ1) is 9.36. The van der Waals surface area contributed by atoms with Crippen molar-refractivity contribution in [2.24, 2.45) is 0 Å². The largest absolute Gasteiger partial charge is 0.480 e. The molecule has 0 spiro atoms. The van der Waals surface area contributed by atoms with Crippen LogP contribution in [0.3, 0.4) is 0 Å². The Kier molecular flexibility index (Phi) is 5.09. The minimum Gasteiger partial charge on any atom is -0.480 e. The van der Waals surface area contributed by atoms with Crippen molar-refractivity contribution in [1.82, 2.24) is 5.32 Å². The molecule has 8 nitrogen and oxygen atoms in total. The third kappa shape index (κ3) is 3.72. The van der Waals surface area contributed by atoms with Crippen molar-refractivity contribution in [2.75, 3.05) is 6.61 Å². The molecule has 0 aliphatic carbocycles. The van der Waals surface area contributed by atoms with Gasteiger partial charge >= 0.3 is 5.97 Å². The average molecular weight is 286 g/mol. The van der Waals surface area contributed by atoms with Crippen LogP contribution in [0.1, 0.15) is 16.8 Å². The Balaban J connectivity index is 2.92. The number of nitro groups is 1. The van der Waals surface area contributed by atoms with Crippen molar-refractivity contribution < 1.29 is 29.1 Å². The quantitative estimate of drug-likeness (QED) is 0.509. The van der Waals surface area contributed by atoms with Crippen LogP contribution in [0.15, 0.2) is 18.2 Å². The van der Waals surface area contributed by atoms with E-state index in [4.69, 9.17) is 10.2 Å². The second kappa shape index (κ2) is 6.57. The third-order valence-electron chi connectivity index (χ3n) is 2.43. The van der Waals surface area contributed by atoms with E-state index in [9.17, 15) is 24.1 Å². The molecule has 3 N–H and O–H groups in total. The van der Waals surface area contributed by atoms with Crippen LogP contribution in [-0.4, -0.2) is 39.7 Å². The van der Waals surface area contributed by atoms with Crippen molar-refractivity contribution in [3.63, 3.8) is 0 Å². The molecule has 1 amide bonds. The minimum atomic E-state index is -1.38. The number of rotatable bonds is 6. The summed E-state index contributed by atoms with van der Waals surface area (Å²) in [6, 6.07) is 1.01. The van der Waals surface area contributed by atoms with Gasteiger partial charge < -0.3 is 15.5 Å². The molecule has 1 unspecified atom stereocenters. The molecule has 0 saturated carbocycles. The first kappa shape index (κ1) is 15.5. The van der Waals surface area contributed by atoms with Crippen LogP contribution in [-0.2, 0) is 4.79 Å². The van der Waals surface area contributed by atoms with Gasteiger partial charge in [0.15, 0.2) is 0 Å². The highest BCUT2D eigenvalue weighted by Crippen LogP contribution is 2.16. The number of carbonyl (C=O) groups excluding carboxylic acids is 1. The van der Waals surface area contributed by atoms with E-state index in [2.05, 4.69) is 0 Å². The van der Waals surface area contributed by atoms with Crippen LogP contribution in [0.25, 0.3) is 0 Å². The van der Waals surface area contributed by atoms with E-state index in [1.165, 1.54) is 0 Å². The van der Waals surface area contributed by atoms with Crippen LogP contribution < -0.4 is 5.32 Å². The number of nitrogens with zero attached hydrogens (tertiary/aromatic N) is 1. The fraction of sp³-hybridized carbons (Fsp3) is 0.273. The van der Waals surface area contributed by atoms with Gasteiger partial charge in [0.2, 0.25) is 0 Å². The molecule has 108 valence electrons. The summed E-state index contributed by atoms with van der Waals surface area (Å²) in [7, 11) is 0. The molecule has 0 aromatic heterocycles. The summed E-state index contributed by atoms with van der Waals surface area (Å²) in [5.41, 5.74) is -1.04. The second-order valence-electron chi connectivity index (χ2n) is 3.80. The van der Waals surface area contributed by atoms with Gasteiger partial charge in [-0.2, -0.15) is 0 Å². The summed E-state index contributed by atoms with van der Waals surface area (Å²) in [5, 5.41) is 29.9. The number of amides is 1. The molecule has 20 heavy (non-hydrogen) atoms. The van der Waals surface area contributed by atoms with Gasteiger partial charge in [-0.05, 0) is 6.07 Å². The summed E-state index contributed by atoms with van der Waals surface area (Å²) in [6.45, 7) is -0.472. The van der Waals surface area contributed by atoms with Gasteiger partial charge in [-0.1, -0.05) is 0 Å². The number of carbonyl (C=O) groups is 2. The molecular weight excluding hydrogens is 275 g/mol. The third-order valence-corrected chi connectivity index (χ3v) is 2.43. The SMILES string of the molecule is O=C(NC(CCO)C(=O)O)c1ccc([N+](=O)[O-])cc1F. The molecule has 0 fully saturated rings. The standard InChI is InChI=1S/C11H11FN2O6/c12-8-5-6(14(19)20)1-2-7(8)10(16)13-9(3-4-15)11(17)18/h1-2,5,9,15H,3-4H2,(H,13,16)(H,17,18). The summed E-state index contributed by atoms with van der Waals surface area (Å²) >= 11 is 0. The lowest BCUT2D eigenvalue weighted by Crippen LogP contribution is -2.41. The number of aliphatic hydroxyl groups is 1. The van der Waals surface area contributed by atoms with Crippen molar-refractivity contribution >= 4 is 17.6 Å².